The van der Waals surface area contributed by atoms with Crippen LogP contribution in [0.5, 0.6) is 0 Å². The SMILES string of the molecule is CN(CC(C)(C)C)C(CN)c1sccc1Br. The first kappa shape index (κ1) is 14.2. The molecule has 4 heteroatoms. The molecule has 0 spiro atoms. The molecular weight excluding hydrogens is 284 g/mol. The quantitative estimate of drug-likeness (QED) is 0.922. The zero-order chi connectivity index (χ0) is 12.3. The van der Waals surface area contributed by atoms with Crippen LogP contribution in [0.2, 0.25) is 0 Å². The third-order valence-corrected chi connectivity index (χ3v) is 4.40. The lowest BCUT2D eigenvalue weighted by Crippen LogP contribution is -2.36. The number of halogens is 1. The molecule has 0 aliphatic heterocycles. The van der Waals surface area contributed by atoms with Crippen LogP contribution in [-0.2, 0) is 0 Å². The van der Waals surface area contributed by atoms with Crippen LogP contribution in [0.3, 0.4) is 0 Å². The van der Waals surface area contributed by atoms with E-state index in [4.69, 9.17) is 5.73 Å². The Labute approximate surface area is 111 Å². The minimum atomic E-state index is 0.298. The van der Waals surface area contributed by atoms with Gasteiger partial charge in [-0.15, -0.1) is 11.3 Å². The van der Waals surface area contributed by atoms with Crippen LogP contribution in [0.1, 0.15) is 31.7 Å². The summed E-state index contributed by atoms with van der Waals surface area (Å²) in [6, 6.07) is 2.40. The third-order valence-electron chi connectivity index (χ3n) is 2.43. The van der Waals surface area contributed by atoms with Gasteiger partial charge in [0.05, 0.1) is 6.04 Å². The number of thiophene rings is 1. The van der Waals surface area contributed by atoms with Crippen LogP contribution >= 0.6 is 27.3 Å². The fraction of sp³-hybridized carbons (Fsp3) is 0.667. The standard InChI is InChI=1S/C12H21BrN2S/c1-12(2,3)8-15(4)10(7-14)11-9(13)5-6-16-11/h5-6,10H,7-8,14H2,1-4H3. The molecule has 1 rings (SSSR count). The molecule has 0 aliphatic rings. The van der Waals surface area contributed by atoms with E-state index in [1.807, 2.05) is 0 Å². The Balaban J connectivity index is 2.79. The van der Waals surface area contributed by atoms with E-state index < -0.39 is 0 Å². The summed E-state index contributed by atoms with van der Waals surface area (Å²) >= 11 is 5.35. The molecule has 0 aliphatic carbocycles. The predicted octanol–water partition coefficient (Wildman–Crippen LogP) is 3.49. The molecule has 1 aromatic heterocycles. The van der Waals surface area contributed by atoms with E-state index in [0.717, 1.165) is 6.54 Å². The van der Waals surface area contributed by atoms with Gasteiger partial charge in [-0.3, -0.25) is 4.90 Å². The molecule has 0 fully saturated rings. The molecule has 2 N–H and O–H groups in total. The summed E-state index contributed by atoms with van der Waals surface area (Å²) in [5.41, 5.74) is 6.19. The van der Waals surface area contributed by atoms with Crippen molar-refractivity contribution in [1.29, 1.82) is 0 Å². The molecule has 1 heterocycles. The van der Waals surface area contributed by atoms with Gasteiger partial charge >= 0.3 is 0 Å². The fourth-order valence-corrected chi connectivity index (χ4v) is 3.71. The minimum absolute atomic E-state index is 0.298. The molecule has 0 amide bonds. The van der Waals surface area contributed by atoms with Crippen LogP contribution in [0, 0.1) is 5.41 Å². The highest BCUT2D eigenvalue weighted by atomic mass is 79.9. The van der Waals surface area contributed by atoms with Crippen molar-refractivity contribution in [3.8, 4) is 0 Å². The second-order valence-corrected chi connectivity index (χ2v) is 7.16. The molecule has 1 aromatic rings. The number of hydrogen-bond donors (Lipinski definition) is 1. The van der Waals surface area contributed by atoms with Crippen molar-refractivity contribution in [2.45, 2.75) is 26.8 Å². The van der Waals surface area contributed by atoms with Gasteiger partial charge in [-0.2, -0.15) is 0 Å². The lowest BCUT2D eigenvalue weighted by molar-refractivity contribution is 0.177. The maximum absolute atomic E-state index is 5.90. The van der Waals surface area contributed by atoms with E-state index in [1.54, 1.807) is 11.3 Å². The first-order valence-electron chi connectivity index (χ1n) is 5.48. The average Bonchev–Trinajstić information content (AvgIpc) is 2.50. The summed E-state index contributed by atoms with van der Waals surface area (Å²) in [6.45, 7) is 8.45. The normalized spacial score (nSPS) is 14.4. The maximum Gasteiger partial charge on any atom is 0.0573 e. The van der Waals surface area contributed by atoms with Gasteiger partial charge in [0.2, 0.25) is 0 Å². The first-order chi connectivity index (χ1) is 7.35. The number of nitrogens with two attached hydrogens (primary N) is 1. The van der Waals surface area contributed by atoms with Gasteiger partial charge in [-0.1, -0.05) is 20.8 Å². The van der Waals surface area contributed by atoms with Crippen molar-refractivity contribution in [3.63, 3.8) is 0 Å². The molecule has 0 radical (unpaired) electrons. The summed E-state index contributed by atoms with van der Waals surface area (Å²) in [5.74, 6) is 0. The smallest absolute Gasteiger partial charge is 0.0573 e. The molecule has 0 bridgehead atoms. The lowest BCUT2D eigenvalue weighted by atomic mass is 9.95. The first-order valence-corrected chi connectivity index (χ1v) is 7.15. The Morgan fingerprint density at radius 1 is 1.50 bits per heavy atom. The third kappa shape index (κ3) is 3.84. The second-order valence-electron chi connectivity index (χ2n) is 5.36. The van der Waals surface area contributed by atoms with Crippen molar-refractivity contribution in [1.82, 2.24) is 4.90 Å². The summed E-state index contributed by atoms with van der Waals surface area (Å²) in [7, 11) is 2.15. The van der Waals surface area contributed by atoms with Crippen molar-refractivity contribution in [2.75, 3.05) is 20.1 Å². The van der Waals surface area contributed by atoms with Gasteiger partial charge in [0.15, 0.2) is 0 Å². The highest BCUT2D eigenvalue weighted by molar-refractivity contribution is 9.10. The van der Waals surface area contributed by atoms with Crippen LogP contribution in [0.25, 0.3) is 0 Å². The largest absolute Gasteiger partial charge is 0.329 e. The maximum atomic E-state index is 5.90. The number of rotatable bonds is 4. The Hall–Kier alpha value is 0.100. The Morgan fingerprint density at radius 2 is 2.12 bits per heavy atom. The van der Waals surface area contributed by atoms with E-state index in [0.29, 0.717) is 18.0 Å². The summed E-state index contributed by atoms with van der Waals surface area (Å²) < 4.78 is 1.17. The Bertz CT molecular complexity index is 330. The van der Waals surface area contributed by atoms with Crippen LogP contribution in [0.15, 0.2) is 15.9 Å². The molecule has 1 atom stereocenters. The van der Waals surface area contributed by atoms with E-state index in [1.165, 1.54) is 9.35 Å². The van der Waals surface area contributed by atoms with Crippen molar-refractivity contribution < 1.29 is 0 Å². The predicted molar refractivity (Wildman–Crippen MR) is 75.9 cm³/mol. The monoisotopic (exact) mass is 304 g/mol. The number of hydrogen-bond acceptors (Lipinski definition) is 3. The van der Waals surface area contributed by atoms with E-state index in [9.17, 15) is 0 Å². The topological polar surface area (TPSA) is 29.3 Å². The lowest BCUT2D eigenvalue weighted by Gasteiger charge is -2.32. The Morgan fingerprint density at radius 3 is 2.50 bits per heavy atom. The van der Waals surface area contributed by atoms with Crippen LogP contribution < -0.4 is 5.73 Å². The highest BCUT2D eigenvalue weighted by Crippen LogP contribution is 2.32. The molecule has 0 saturated heterocycles. The molecule has 0 saturated carbocycles. The van der Waals surface area contributed by atoms with Crippen molar-refractivity contribution in [2.24, 2.45) is 11.1 Å². The van der Waals surface area contributed by atoms with Gasteiger partial charge in [-0.05, 0) is 39.8 Å². The highest BCUT2D eigenvalue weighted by Gasteiger charge is 2.23. The van der Waals surface area contributed by atoms with Gasteiger partial charge < -0.3 is 5.73 Å². The Kier molecular flexibility index (Phi) is 4.98. The zero-order valence-corrected chi connectivity index (χ0v) is 12.9. The number of nitrogens with zero attached hydrogens (tertiary/aromatic N) is 1. The zero-order valence-electron chi connectivity index (χ0n) is 10.5. The molecule has 92 valence electrons. The molecular formula is C12H21BrN2S. The summed E-state index contributed by atoms with van der Waals surface area (Å²) in [4.78, 5) is 3.67. The van der Waals surface area contributed by atoms with E-state index in [2.05, 4.69) is 60.1 Å². The van der Waals surface area contributed by atoms with E-state index in [-0.39, 0.29) is 0 Å². The summed E-state index contributed by atoms with van der Waals surface area (Å²) in [6.07, 6.45) is 0. The molecule has 16 heavy (non-hydrogen) atoms. The summed E-state index contributed by atoms with van der Waals surface area (Å²) in [5, 5.41) is 2.10. The van der Waals surface area contributed by atoms with Crippen molar-refractivity contribution in [3.05, 3.63) is 20.8 Å². The molecule has 2 nitrogen and oxygen atoms in total. The molecule has 1 unspecified atom stereocenters. The van der Waals surface area contributed by atoms with Crippen LogP contribution in [0.4, 0.5) is 0 Å². The van der Waals surface area contributed by atoms with Gasteiger partial charge in [0, 0.05) is 22.4 Å². The van der Waals surface area contributed by atoms with Gasteiger partial charge in [0.25, 0.3) is 0 Å². The fourth-order valence-electron chi connectivity index (χ4n) is 1.89. The van der Waals surface area contributed by atoms with Crippen LogP contribution in [-0.4, -0.2) is 25.0 Å². The molecule has 0 aromatic carbocycles. The number of likely N-dealkylation sites (N-methyl/N-ethyl adjacent to an activating group) is 1. The van der Waals surface area contributed by atoms with Gasteiger partial charge in [0.1, 0.15) is 0 Å². The van der Waals surface area contributed by atoms with E-state index >= 15 is 0 Å². The van der Waals surface area contributed by atoms with Gasteiger partial charge in [-0.25, -0.2) is 0 Å². The average molecular weight is 305 g/mol. The minimum Gasteiger partial charge on any atom is -0.329 e. The second kappa shape index (κ2) is 5.63. The van der Waals surface area contributed by atoms with Crippen molar-refractivity contribution >= 4 is 27.3 Å².